The standard InChI is InChI=1S/C19H19Cl2F2N7O/c1-10(2)27-16(31)9-30-8-11(5-26-30)28-19-25-7-15(22)18(29-19)24-6-12-13(20)3-4-14(21)17(12)23/h3-5,7-8,10H,6,9H2,1-2H3,(H,27,31)(H2,24,25,28,29). The van der Waals surface area contributed by atoms with E-state index in [0.29, 0.717) is 5.69 Å². The number of hydrogen-bond acceptors (Lipinski definition) is 6. The Labute approximate surface area is 187 Å². The molecule has 2 heterocycles. The van der Waals surface area contributed by atoms with Crippen LogP contribution < -0.4 is 16.0 Å². The molecule has 0 atom stereocenters. The Morgan fingerprint density at radius 3 is 2.68 bits per heavy atom. The number of amides is 1. The number of halogens is 4. The van der Waals surface area contributed by atoms with Gasteiger partial charge in [-0.2, -0.15) is 10.1 Å². The topological polar surface area (TPSA) is 96.8 Å². The van der Waals surface area contributed by atoms with Gasteiger partial charge in [-0.3, -0.25) is 9.48 Å². The van der Waals surface area contributed by atoms with Crippen molar-refractivity contribution >= 4 is 46.6 Å². The van der Waals surface area contributed by atoms with Crippen LogP contribution in [0.4, 0.5) is 26.2 Å². The van der Waals surface area contributed by atoms with Gasteiger partial charge in [0.05, 0.1) is 23.1 Å². The van der Waals surface area contributed by atoms with Crippen LogP contribution >= 0.6 is 23.2 Å². The minimum atomic E-state index is -0.731. The molecule has 31 heavy (non-hydrogen) atoms. The Kier molecular flexibility index (Phi) is 7.24. The molecule has 8 nitrogen and oxygen atoms in total. The Hall–Kier alpha value is -2.98. The molecule has 12 heteroatoms. The van der Waals surface area contributed by atoms with Crippen molar-refractivity contribution in [1.82, 2.24) is 25.1 Å². The van der Waals surface area contributed by atoms with Gasteiger partial charge in [0.25, 0.3) is 0 Å². The van der Waals surface area contributed by atoms with Crippen LogP contribution in [0.2, 0.25) is 10.0 Å². The molecule has 0 unspecified atom stereocenters. The maximum Gasteiger partial charge on any atom is 0.241 e. The summed E-state index contributed by atoms with van der Waals surface area (Å²) in [6.07, 6.45) is 4.03. The molecule has 3 aromatic rings. The number of aromatic nitrogens is 4. The van der Waals surface area contributed by atoms with Crippen molar-refractivity contribution in [3.8, 4) is 0 Å². The van der Waals surface area contributed by atoms with Crippen molar-refractivity contribution in [2.45, 2.75) is 33.0 Å². The molecule has 0 aliphatic rings. The average Bonchev–Trinajstić information content (AvgIpc) is 3.13. The van der Waals surface area contributed by atoms with Crippen molar-refractivity contribution in [3.63, 3.8) is 0 Å². The van der Waals surface area contributed by atoms with Gasteiger partial charge in [-0.15, -0.1) is 0 Å². The molecule has 0 radical (unpaired) electrons. The van der Waals surface area contributed by atoms with Gasteiger partial charge in [0.2, 0.25) is 11.9 Å². The number of hydrogen-bond donors (Lipinski definition) is 3. The first-order valence-corrected chi connectivity index (χ1v) is 9.96. The van der Waals surface area contributed by atoms with Crippen LogP contribution in [0.25, 0.3) is 0 Å². The first-order chi connectivity index (χ1) is 14.7. The summed E-state index contributed by atoms with van der Waals surface area (Å²) in [6, 6.07) is 2.81. The SMILES string of the molecule is CC(C)NC(=O)Cn1cc(Nc2ncc(F)c(NCc3c(Cl)ccc(Cl)c3F)n2)cn1. The summed E-state index contributed by atoms with van der Waals surface area (Å²) in [5.74, 6) is -1.68. The van der Waals surface area contributed by atoms with Crippen LogP contribution in [-0.4, -0.2) is 31.7 Å². The molecule has 164 valence electrons. The second-order valence-corrected chi connectivity index (χ2v) is 7.65. The van der Waals surface area contributed by atoms with E-state index in [9.17, 15) is 13.6 Å². The fourth-order valence-corrected chi connectivity index (χ4v) is 3.00. The van der Waals surface area contributed by atoms with E-state index in [-0.39, 0.29) is 52.4 Å². The molecule has 2 aromatic heterocycles. The first kappa shape index (κ1) is 22.7. The van der Waals surface area contributed by atoms with Crippen molar-refractivity contribution < 1.29 is 13.6 Å². The maximum atomic E-state index is 14.2. The van der Waals surface area contributed by atoms with Crippen LogP contribution in [0.3, 0.4) is 0 Å². The molecule has 0 saturated heterocycles. The lowest BCUT2D eigenvalue weighted by molar-refractivity contribution is -0.122. The fourth-order valence-electron chi connectivity index (χ4n) is 2.61. The number of rotatable bonds is 8. The van der Waals surface area contributed by atoms with Gasteiger partial charge in [0.15, 0.2) is 11.6 Å². The third kappa shape index (κ3) is 6.02. The van der Waals surface area contributed by atoms with E-state index in [1.54, 1.807) is 6.20 Å². The molecule has 0 aliphatic heterocycles. The van der Waals surface area contributed by atoms with Crippen LogP contribution in [0.1, 0.15) is 19.4 Å². The molecule has 3 N–H and O–H groups in total. The van der Waals surface area contributed by atoms with Gasteiger partial charge >= 0.3 is 0 Å². The lowest BCUT2D eigenvalue weighted by Crippen LogP contribution is -2.33. The second-order valence-electron chi connectivity index (χ2n) is 6.84. The number of anilines is 3. The minimum Gasteiger partial charge on any atom is -0.363 e. The van der Waals surface area contributed by atoms with E-state index < -0.39 is 11.6 Å². The zero-order valence-electron chi connectivity index (χ0n) is 16.6. The smallest absolute Gasteiger partial charge is 0.241 e. The number of nitrogens with one attached hydrogen (secondary N) is 3. The summed E-state index contributed by atoms with van der Waals surface area (Å²) in [5.41, 5.74) is 0.585. The lowest BCUT2D eigenvalue weighted by Gasteiger charge is -2.11. The molecule has 1 aromatic carbocycles. The highest BCUT2D eigenvalue weighted by Gasteiger charge is 2.14. The summed E-state index contributed by atoms with van der Waals surface area (Å²) in [7, 11) is 0. The number of benzene rings is 1. The van der Waals surface area contributed by atoms with E-state index >= 15 is 0 Å². The third-order valence-corrected chi connectivity index (χ3v) is 4.61. The molecule has 0 aliphatic carbocycles. The zero-order chi connectivity index (χ0) is 22.5. The van der Waals surface area contributed by atoms with E-state index in [1.807, 2.05) is 13.8 Å². The van der Waals surface area contributed by atoms with Crippen LogP contribution in [0.5, 0.6) is 0 Å². The molecule has 0 fully saturated rings. The quantitative estimate of drug-likeness (QED) is 0.429. The van der Waals surface area contributed by atoms with Gasteiger partial charge in [-0.1, -0.05) is 23.2 Å². The van der Waals surface area contributed by atoms with Crippen molar-refractivity contribution in [2.75, 3.05) is 10.6 Å². The van der Waals surface area contributed by atoms with E-state index in [2.05, 4.69) is 31.0 Å². The number of carbonyl (C=O) groups excluding carboxylic acids is 1. The van der Waals surface area contributed by atoms with E-state index in [4.69, 9.17) is 23.2 Å². The predicted molar refractivity (Wildman–Crippen MR) is 115 cm³/mol. The second kappa shape index (κ2) is 9.88. The Morgan fingerprint density at radius 1 is 1.19 bits per heavy atom. The van der Waals surface area contributed by atoms with Crippen LogP contribution in [-0.2, 0) is 17.9 Å². The summed E-state index contributed by atoms with van der Waals surface area (Å²) >= 11 is 11.8. The van der Waals surface area contributed by atoms with Gasteiger partial charge in [0.1, 0.15) is 12.4 Å². The third-order valence-electron chi connectivity index (χ3n) is 3.96. The maximum absolute atomic E-state index is 14.2. The molecular formula is C19H19Cl2F2N7O. The number of nitrogens with zero attached hydrogens (tertiary/aromatic N) is 4. The highest BCUT2D eigenvalue weighted by molar-refractivity contribution is 6.33. The van der Waals surface area contributed by atoms with Crippen LogP contribution in [0, 0.1) is 11.6 Å². The van der Waals surface area contributed by atoms with E-state index in [0.717, 1.165) is 6.20 Å². The van der Waals surface area contributed by atoms with E-state index in [1.165, 1.54) is 23.0 Å². The van der Waals surface area contributed by atoms with Gasteiger partial charge in [-0.05, 0) is 26.0 Å². The van der Waals surface area contributed by atoms with Crippen LogP contribution in [0.15, 0.2) is 30.7 Å². The largest absolute Gasteiger partial charge is 0.363 e. The monoisotopic (exact) mass is 469 g/mol. The highest BCUT2D eigenvalue weighted by Crippen LogP contribution is 2.26. The van der Waals surface area contributed by atoms with Gasteiger partial charge < -0.3 is 16.0 Å². The predicted octanol–water partition coefficient (Wildman–Crippen LogP) is 4.14. The summed E-state index contributed by atoms with van der Waals surface area (Å²) < 4.78 is 29.7. The van der Waals surface area contributed by atoms with Crippen molar-refractivity contribution in [3.05, 3.63) is 58.0 Å². The average molecular weight is 470 g/mol. The van der Waals surface area contributed by atoms with Crippen molar-refractivity contribution in [1.29, 1.82) is 0 Å². The summed E-state index contributed by atoms with van der Waals surface area (Å²) in [6.45, 7) is 3.63. The summed E-state index contributed by atoms with van der Waals surface area (Å²) in [5, 5.41) is 12.5. The van der Waals surface area contributed by atoms with Gasteiger partial charge in [0, 0.05) is 29.4 Å². The highest BCUT2D eigenvalue weighted by atomic mass is 35.5. The zero-order valence-corrected chi connectivity index (χ0v) is 18.1. The first-order valence-electron chi connectivity index (χ1n) is 9.20. The lowest BCUT2D eigenvalue weighted by atomic mass is 10.2. The Morgan fingerprint density at radius 2 is 1.94 bits per heavy atom. The molecule has 0 bridgehead atoms. The normalized spacial score (nSPS) is 10.9. The molecule has 3 rings (SSSR count). The molecule has 1 amide bonds. The molecular weight excluding hydrogens is 451 g/mol. The fraction of sp³-hybridized carbons (Fsp3) is 0.263. The Bertz CT molecular complexity index is 1090. The van der Waals surface area contributed by atoms with Crippen molar-refractivity contribution in [2.24, 2.45) is 0 Å². The van der Waals surface area contributed by atoms with Gasteiger partial charge in [-0.25, -0.2) is 13.8 Å². The summed E-state index contributed by atoms with van der Waals surface area (Å²) in [4.78, 5) is 19.7. The molecule has 0 spiro atoms. The molecule has 0 saturated carbocycles. The number of carbonyl (C=O) groups is 1. The Balaban J connectivity index is 1.68. The minimum absolute atomic E-state index is 0.0226.